The number of anilines is 1. The molecule has 0 bridgehead atoms. The minimum Gasteiger partial charge on any atom is -0.373 e. The molecule has 18 heavy (non-hydrogen) atoms. The number of benzene rings is 1. The van der Waals surface area contributed by atoms with Crippen LogP contribution in [0.4, 0.5) is 10.2 Å². The van der Waals surface area contributed by atoms with Gasteiger partial charge in [-0.05, 0) is 37.6 Å². The molecule has 0 aliphatic heterocycles. The summed E-state index contributed by atoms with van der Waals surface area (Å²) in [5.41, 5.74) is 0.623. The van der Waals surface area contributed by atoms with Crippen molar-refractivity contribution in [3.8, 4) is 0 Å². The van der Waals surface area contributed by atoms with Gasteiger partial charge in [0.2, 0.25) is 0 Å². The van der Waals surface area contributed by atoms with Gasteiger partial charge in [0, 0.05) is 18.7 Å². The van der Waals surface area contributed by atoms with Crippen molar-refractivity contribution in [2.45, 2.75) is 19.3 Å². The summed E-state index contributed by atoms with van der Waals surface area (Å²) >= 11 is 0. The van der Waals surface area contributed by atoms with Crippen molar-refractivity contribution >= 4 is 5.82 Å². The van der Waals surface area contributed by atoms with E-state index in [0.717, 1.165) is 11.4 Å². The smallest absolute Gasteiger partial charge is 0.140 e. The molecule has 1 aromatic heterocycles. The minimum atomic E-state index is -0.361. The Morgan fingerprint density at radius 1 is 1.11 bits per heavy atom. The third-order valence-electron chi connectivity index (χ3n) is 3.04. The summed E-state index contributed by atoms with van der Waals surface area (Å²) in [4.78, 5) is 8.76. The first-order valence-corrected chi connectivity index (χ1v) is 5.81. The standard InChI is InChI=1S/C14H16FN3/c1-14(2,10-4-6-11(15)7-5-10)13-17-9-8-12(16-3)18-13/h4-9H,1-3H3,(H,16,17,18). The Kier molecular flexibility index (Phi) is 3.28. The van der Waals surface area contributed by atoms with E-state index in [1.807, 2.05) is 27.0 Å². The molecule has 3 nitrogen and oxygen atoms in total. The maximum absolute atomic E-state index is 13.0. The van der Waals surface area contributed by atoms with Gasteiger partial charge in [-0.15, -0.1) is 0 Å². The van der Waals surface area contributed by atoms with Gasteiger partial charge in [-0.1, -0.05) is 12.1 Å². The summed E-state index contributed by atoms with van der Waals surface area (Å²) in [6.45, 7) is 4.05. The maximum atomic E-state index is 13.0. The lowest BCUT2D eigenvalue weighted by Crippen LogP contribution is -2.22. The second kappa shape index (κ2) is 4.72. The number of nitrogens with one attached hydrogen (secondary N) is 1. The third kappa shape index (κ3) is 2.32. The van der Waals surface area contributed by atoms with Gasteiger partial charge in [0.1, 0.15) is 17.5 Å². The molecule has 0 radical (unpaired) electrons. The normalized spacial score (nSPS) is 11.3. The van der Waals surface area contributed by atoms with Crippen LogP contribution in [0.15, 0.2) is 36.5 Å². The van der Waals surface area contributed by atoms with Crippen LogP contribution in [0.1, 0.15) is 25.2 Å². The molecule has 0 amide bonds. The van der Waals surface area contributed by atoms with Gasteiger partial charge in [-0.3, -0.25) is 0 Å². The van der Waals surface area contributed by atoms with E-state index >= 15 is 0 Å². The molecule has 0 fully saturated rings. The van der Waals surface area contributed by atoms with E-state index in [1.54, 1.807) is 18.3 Å². The number of halogens is 1. The van der Waals surface area contributed by atoms with Crippen LogP contribution in [-0.4, -0.2) is 17.0 Å². The number of nitrogens with zero attached hydrogens (tertiary/aromatic N) is 2. The second-order valence-corrected chi connectivity index (χ2v) is 4.65. The first-order chi connectivity index (χ1) is 8.54. The van der Waals surface area contributed by atoms with Crippen molar-refractivity contribution in [3.05, 3.63) is 53.7 Å². The van der Waals surface area contributed by atoms with E-state index in [9.17, 15) is 4.39 Å². The Morgan fingerprint density at radius 2 is 1.78 bits per heavy atom. The van der Waals surface area contributed by atoms with Crippen molar-refractivity contribution in [1.29, 1.82) is 0 Å². The van der Waals surface area contributed by atoms with Crippen molar-refractivity contribution < 1.29 is 4.39 Å². The summed E-state index contributed by atoms with van der Waals surface area (Å²) in [7, 11) is 1.82. The van der Waals surface area contributed by atoms with Gasteiger partial charge in [0.15, 0.2) is 0 Å². The fraction of sp³-hybridized carbons (Fsp3) is 0.286. The molecular formula is C14H16FN3. The molecule has 1 heterocycles. The van der Waals surface area contributed by atoms with E-state index in [-0.39, 0.29) is 11.2 Å². The minimum absolute atomic E-state index is 0.237. The van der Waals surface area contributed by atoms with Gasteiger partial charge in [-0.25, -0.2) is 14.4 Å². The van der Waals surface area contributed by atoms with Crippen LogP contribution >= 0.6 is 0 Å². The van der Waals surface area contributed by atoms with E-state index in [0.29, 0.717) is 5.82 Å². The highest BCUT2D eigenvalue weighted by Crippen LogP contribution is 2.29. The Hall–Kier alpha value is -1.97. The van der Waals surface area contributed by atoms with Gasteiger partial charge >= 0.3 is 0 Å². The summed E-state index contributed by atoms with van der Waals surface area (Å²) in [6.07, 6.45) is 1.72. The van der Waals surface area contributed by atoms with E-state index in [2.05, 4.69) is 15.3 Å². The largest absolute Gasteiger partial charge is 0.373 e. The van der Waals surface area contributed by atoms with Gasteiger partial charge in [0.25, 0.3) is 0 Å². The first-order valence-electron chi connectivity index (χ1n) is 5.81. The number of aromatic nitrogens is 2. The zero-order valence-electron chi connectivity index (χ0n) is 10.7. The van der Waals surface area contributed by atoms with Crippen molar-refractivity contribution in [3.63, 3.8) is 0 Å². The predicted molar refractivity (Wildman–Crippen MR) is 70.1 cm³/mol. The Labute approximate surface area is 106 Å². The molecule has 0 spiro atoms. The Morgan fingerprint density at radius 3 is 2.39 bits per heavy atom. The molecule has 0 saturated heterocycles. The molecule has 94 valence electrons. The van der Waals surface area contributed by atoms with Crippen LogP contribution in [0.25, 0.3) is 0 Å². The molecule has 2 rings (SSSR count). The van der Waals surface area contributed by atoms with Crippen molar-refractivity contribution in [1.82, 2.24) is 9.97 Å². The highest BCUT2D eigenvalue weighted by molar-refractivity contribution is 5.37. The zero-order chi connectivity index (χ0) is 13.2. The summed E-state index contributed by atoms with van der Waals surface area (Å²) < 4.78 is 13.0. The molecule has 0 atom stereocenters. The second-order valence-electron chi connectivity index (χ2n) is 4.65. The van der Waals surface area contributed by atoms with Crippen LogP contribution in [0.2, 0.25) is 0 Å². The van der Waals surface area contributed by atoms with Crippen LogP contribution in [0.5, 0.6) is 0 Å². The van der Waals surface area contributed by atoms with Crippen molar-refractivity contribution in [2.75, 3.05) is 12.4 Å². The van der Waals surface area contributed by atoms with Crippen LogP contribution in [0, 0.1) is 5.82 Å². The SMILES string of the molecule is CNc1ccnc(C(C)(C)c2ccc(F)cc2)n1. The lowest BCUT2D eigenvalue weighted by atomic mass is 9.84. The number of hydrogen-bond acceptors (Lipinski definition) is 3. The van der Waals surface area contributed by atoms with Crippen molar-refractivity contribution in [2.24, 2.45) is 0 Å². The topological polar surface area (TPSA) is 37.8 Å². The fourth-order valence-electron chi connectivity index (χ4n) is 1.79. The Balaban J connectivity index is 2.43. The molecule has 2 aromatic rings. The molecule has 4 heteroatoms. The average molecular weight is 245 g/mol. The third-order valence-corrected chi connectivity index (χ3v) is 3.04. The highest BCUT2D eigenvalue weighted by Gasteiger charge is 2.26. The highest BCUT2D eigenvalue weighted by atomic mass is 19.1. The molecule has 1 N–H and O–H groups in total. The molecule has 0 aliphatic rings. The molecule has 0 aliphatic carbocycles. The molecule has 1 aromatic carbocycles. The van der Waals surface area contributed by atoms with E-state index < -0.39 is 0 Å². The lowest BCUT2D eigenvalue weighted by molar-refractivity contribution is 0.584. The van der Waals surface area contributed by atoms with Crippen LogP contribution < -0.4 is 5.32 Å². The van der Waals surface area contributed by atoms with Gasteiger partial charge in [-0.2, -0.15) is 0 Å². The molecule has 0 unspecified atom stereocenters. The summed E-state index contributed by atoms with van der Waals surface area (Å²) in [5, 5.41) is 2.99. The first kappa shape index (κ1) is 12.5. The Bertz CT molecular complexity index is 535. The number of rotatable bonds is 3. The molecular weight excluding hydrogens is 229 g/mol. The maximum Gasteiger partial charge on any atom is 0.140 e. The predicted octanol–water partition coefficient (Wildman–Crippen LogP) is 2.98. The average Bonchev–Trinajstić information content (AvgIpc) is 2.39. The molecule has 0 saturated carbocycles. The van der Waals surface area contributed by atoms with Gasteiger partial charge < -0.3 is 5.32 Å². The van der Waals surface area contributed by atoms with Gasteiger partial charge in [0.05, 0.1) is 0 Å². The fourth-order valence-corrected chi connectivity index (χ4v) is 1.79. The van der Waals surface area contributed by atoms with Crippen LogP contribution in [0.3, 0.4) is 0 Å². The van der Waals surface area contributed by atoms with Crippen LogP contribution in [-0.2, 0) is 5.41 Å². The summed E-state index contributed by atoms with van der Waals surface area (Å²) in [6, 6.07) is 8.26. The monoisotopic (exact) mass is 245 g/mol. The zero-order valence-corrected chi connectivity index (χ0v) is 10.7. The van der Waals surface area contributed by atoms with E-state index in [1.165, 1.54) is 12.1 Å². The lowest BCUT2D eigenvalue weighted by Gasteiger charge is -2.23. The number of hydrogen-bond donors (Lipinski definition) is 1. The summed E-state index contributed by atoms with van der Waals surface area (Å²) in [5.74, 6) is 1.25. The quantitative estimate of drug-likeness (QED) is 0.903. The van der Waals surface area contributed by atoms with E-state index in [4.69, 9.17) is 0 Å².